The Hall–Kier alpha value is -1.83. The summed E-state index contributed by atoms with van der Waals surface area (Å²) in [7, 11) is 0. The summed E-state index contributed by atoms with van der Waals surface area (Å²) in [6.45, 7) is 3.53. The van der Waals surface area contributed by atoms with Gasteiger partial charge in [-0.15, -0.1) is 11.8 Å². The normalized spacial score (nSPS) is 12.0. The minimum absolute atomic E-state index is 0.135. The highest BCUT2D eigenvalue weighted by molar-refractivity contribution is 7.98. The fourth-order valence-electron chi connectivity index (χ4n) is 2.02. The summed E-state index contributed by atoms with van der Waals surface area (Å²) in [6.07, 6.45) is 2.92. The fraction of sp³-hybridized carbons (Fsp3) is 0.538. The van der Waals surface area contributed by atoms with Gasteiger partial charge in [0.2, 0.25) is 0 Å². The number of nitrogens with zero attached hydrogens (tertiary/aromatic N) is 1. The highest BCUT2D eigenvalue weighted by atomic mass is 32.2. The third-order valence-corrected chi connectivity index (χ3v) is 3.58. The number of carbonyl (C=O) groups is 2. The van der Waals surface area contributed by atoms with E-state index in [0.717, 1.165) is 6.42 Å². The predicted molar refractivity (Wildman–Crippen MR) is 79.8 cm³/mol. The number of thioether (sulfide) groups is 1. The number of aliphatic carboxylic acids is 1. The Balaban J connectivity index is 3.02. The first-order valence-electron chi connectivity index (χ1n) is 6.56. The molecule has 0 aliphatic carbocycles. The van der Waals surface area contributed by atoms with Gasteiger partial charge in [0.1, 0.15) is 5.03 Å². The molecule has 0 saturated heterocycles. The molecule has 3 N–H and O–H groups in total. The van der Waals surface area contributed by atoms with E-state index in [0.29, 0.717) is 17.1 Å². The standard InChI is InChI=1S/C13H19N3O4S/c1-4-5-8(6-9(17)18)15-11(19)10-7(2)14-13(20)16-12(10)21-3/h8H,4-6H2,1-3H3,(H,15,19)(H,17,18)(H,14,16,20). The topological polar surface area (TPSA) is 112 Å². The van der Waals surface area contributed by atoms with Gasteiger partial charge in [-0.1, -0.05) is 13.3 Å². The SMILES string of the molecule is CCCC(CC(=O)O)NC(=O)c1c(SC)nc(=O)[nH]c1C. The number of carboxylic acid groups (broad SMARTS) is 1. The molecule has 0 fully saturated rings. The molecule has 1 unspecified atom stereocenters. The quantitative estimate of drug-likeness (QED) is 0.514. The van der Waals surface area contributed by atoms with Crippen LogP contribution in [0.2, 0.25) is 0 Å². The molecule has 0 radical (unpaired) electrons. The van der Waals surface area contributed by atoms with E-state index in [1.165, 1.54) is 11.8 Å². The minimum atomic E-state index is -0.963. The van der Waals surface area contributed by atoms with Gasteiger partial charge in [-0.3, -0.25) is 9.59 Å². The predicted octanol–water partition coefficient (Wildman–Crippen LogP) is 1.17. The number of aromatic amines is 1. The Bertz CT molecular complexity index is 585. The third-order valence-electron chi connectivity index (χ3n) is 2.90. The van der Waals surface area contributed by atoms with Crippen LogP contribution in [0.1, 0.15) is 42.2 Å². The van der Waals surface area contributed by atoms with E-state index in [-0.39, 0.29) is 12.0 Å². The molecule has 1 rings (SSSR count). The monoisotopic (exact) mass is 313 g/mol. The van der Waals surface area contributed by atoms with Crippen molar-refractivity contribution < 1.29 is 14.7 Å². The van der Waals surface area contributed by atoms with Crippen LogP contribution in [0.5, 0.6) is 0 Å². The lowest BCUT2D eigenvalue weighted by Crippen LogP contribution is -2.37. The van der Waals surface area contributed by atoms with Gasteiger partial charge >= 0.3 is 11.7 Å². The molecule has 21 heavy (non-hydrogen) atoms. The molecule has 0 aromatic carbocycles. The van der Waals surface area contributed by atoms with Crippen molar-refractivity contribution in [3.8, 4) is 0 Å². The van der Waals surface area contributed by atoms with E-state index >= 15 is 0 Å². The zero-order valence-electron chi connectivity index (χ0n) is 12.2. The zero-order valence-corrected chi connectivity index (χ0v) is 13.0. The van der Waals surface area contributed by atoms with Crippen LogP contribution in [0, 0.1) is 6.92 Å². The van der Waals surface area contributed by atoms with E-state index < -0.39 is 23.6 Å². The van der Waals surface area contributed by atoms with Gasteiger partial charge in [0, 0.05) is 11.7 Å². The molecule has 1 heterocycles. The lowest BCUT2D eigenvalue weighted by Gasteiger charge is -2.17. The van der Waals surface area contributed by atoms with E-state index in [4.69, 9.17) is 5.11 Å². The number of carboxylic acids is 1. The number of aromatic nitrogens is 2. The summed E-state index contributed by atoms with van der Waals surface area (Å²) >= 11 is 1.20. The van der Waals surface area contributed by atoms with Crippen LogP contribution in [0.4, 0.5) is 0 Å². The molecular formula is C13H19N3O4S. The van der Waals surface area contributed by atoms with Crippen molar-refractivity contribution in [1.29, 1.82) is 0 Å². The van der Waals surface area contributed by atoms with Crippen molar-refractivity contribution in [3.63, 3.8) is 0 Å². The summed E-state index contributed by atoms with van der Waals surface area (Å²) in [5.41, 5.74) is 0.194. The Morgan fingerprint density at radius 1 is 1.48 bits per heavy atom. The zero-order chi connectivity index (χ0) is 16.0. The van der Waals surface area contributed by atoms with E-state index in [1.54, 1.807) is 13.2 Å². The molecule has 1 aromatic heterocycles. The summed E-state index contributed by atoms with van der Waals surface area (Å²) in [6, 6.07) is -0.443. The smallest absolute Gasteiger partial charge is 0.346 e. The first-order valence-corrected chi connectivity index (χ1v) is 7.79. The van der Waals surface area contributed by atoms with Crippen molar-refractivity contribution in [3.05, 3.63) is 21.7 Å². The first-order chi connectivity index (χ1) is 9.88. The number of hydrogen-bond donors (Lipinski definition) is 3. The third kappa shape index (κ3) is 4.89. The summed E-state index contributed by atoms with van der Waals surface area (Å²) in [4.78, 5) is 40.7. The molecule has 0 aliphatic heterocycles. The molecule has 0 bridgehead atoms. The summed E-state index contributed by atoms with van der Waals surface area (Å²) < 4.78 is 0. The lowest BCUT2D eigenvalue weighted by molar-refractivity contribution is -0.137. The second-order valence-corrected chi connectivity index (χ2v) is 5.40. The molecule has 116 valence electrons. The molecule has 1 aromatic rings. The van der Waals surface area contributed by atoms with Gasteiger partial charge in [-0.05, 0) is 19.6 Å². The molecule has 0 saturated carbocycles. The van der Waals surface area contributed by atoms with E-state index in [9.17, 15) is 14.4 Å². The number of amides is 1. The average molecular weight is 313 g/mol. The van der Waals surface area contributed by atoms with Crippen LogP contribution in [-0.4, -0.2) is 39.2 Å². The molecular weight excluding hydrogens is 294 g/mol. The van der Waals surface area contributed by atoms with Crippen LogP contribution >= 0.6 is 11.8 Å². The Labute approximate surface area is 126 Å². The number of carbonyl (C=O) groups excluding carboxylic acids is 1. The van der Waals surface area contributed by atoms with Crippen LogP contribution in [0.25, 0.3) is 0 Å². The number of H-pyrrole nitrogens is 1. The Kier molecular flexibility index (Phi) is 6.41. The van der Waals surface area contributed by atoms with Gasteiger partial charge in [0.15, 0.2) is 0 Å². The Morgan fingerprint density at radius 2 is 2.14 bits per heavy atom. The molecule has 8 heteroatoms. The molecule has 1 atom stereocenters. The number of rotatable bonds is 7. The van der Waals surface area contributed by atoms with Crippen molar-refractivity contribution in [2.75, 3.05) is 6.26 Å². The second kappa shape index (κ2) is 7.82. The average Bonchev–Trinajstić information content (AvgIpc) is 2.36. The molecule has 7 nitrogen and oxygen atoms in total. The largest absolute Gasteiger partial charge is 0.481 e. The molecule has 0 aliphatic rings. The maximum absolute atomic E-state index is 12.3. The number of hydrogen-bond acceptors (Lipinski definition) is 5. The Morgan fingerprint density at radius 3 is 2.67 bits per heavy atom. The van der Waals surface area contributed by atoms with Crippen LogP contribution in [0.15, 0.2) is 9.82 Å². The van der Waals surface area contributed by atoms with E-state index in [1.807, 2.05) is 6.92 Å². The summed E-state index contributed by atoms with van der Waals surface area (Å²) in [5.74, 6) is -1.38. The highest BCUT2D eigenvalue weighted by Gasteiger charge is 2.21. The van der Waals surface area contributed by atoms with Crippen molar-refractivity contribution >= 4 is 23.6 Å². The fourth-order valence-corrected chi connectivity index (χ4v) is 2.64. The van der Waals surface area contributed by atoms with Gasteiger partial charge in [0.05, 0.1) is 12.0 Å². The second-order valence-electron chi connectivity index (χ2n) is 4.61. The highest BCUT2D eigenvalue weighted by Crippen LogP contribution is 2.18. The lowest BCUT2D eigenvalue weighted by atomic mass is 10.1. The van der Waals surface area contributed by atoms with Crippen LogP contribution < -0.4 is 11.0 Å². The maximum atomic E-state index is 12.3. The van der Waals surface area contributed by atoms with Crippen molar-refractivity contribution in [2.45, 2.75) is 44.2 Å². The van der Waals surface area contributed by atoms with E-state index in [2.05, 4.69) is 15.3 Å². The van der Waals surface area contributed by atoms with Crippen LogP contribution in [0.3, 0.4) is 0 Å². The van der Waals surface area contributed by atoms with Crippen molar-refractivity contribution in [1.82, 2.24) is 15.3 Å². The molecule has 1 amide bonds. The van der Waals surface area contributed by atoms with Gasteiger partial charge in [-0.25, -0.2) is 4.79 Å². The van der Waals surface area contributed by atoms with Gasteiger partial charge in [0.25, 0.3) is 5.91 Å². The number of aryl methyl sites for hydroxylation is 1. The van der Waals surface area contributed by atoms with Gasteiger partial charge in [-0.2, -0.15) is 4.98 Å². The van der Waals surface area contributed by atoms with Crippen molar-refractivity contribution in [2.24, 2.45) is 0 Å². The number of nitrogens with one attached hydrogen (secondary N) is 2. The maximum Gasteiger partial charge on any atom is 0.346 e. The van der Waals surface area contributed by atoms with Crippen LogP contribution in [-0.2, 0) is 4.79 Å². The first kappa shape index (κ1) is 17.2. The molecule has 0 spiro atoms. The van der Waals surface area contributed by atoms with Gasteiger partial charge < -0.3 is 15.4 Å². The summed E-state index contributed by atoms with van der Waals surface area (Å²) in [5, 5.41) is 11.9. The minimum Gasteiger partial charge on any atom is -0.481 e.